The maximum Gasteiger partial charge on any atom is 0.262 e. The van der Waals surface area contributed by atoms with Crippen LogP contribution in [0.2, 0.25) is 0 Å². The molecule has 3 aromatic rings. The van der Waals surface area contributed by atoms with Crippen LogP contribution in [0.3, 0.4) is 0 Å². The van der Waals surface area contributed by atoms with E-state index in [0.29, 0.717) is 28.4 Å². The monoisotopic (exact) mass is 408 g/mol. The van der Waals surface area contributed by atoms with Crippen molar-refractivity contribution in [3.8, 4) is 0 Å². The first-order valence-corrected chi connectivity index (χ1v) is 9.49. The van der Waals surface area contributed by atoms with Crippen LogP contribution in [-0.2, 0) is 18.8 Å². The molecule has 0 aliphatic heterocycles. The number of aryl methyl sites for hydroxylation is 1. The van der Waals surface area contributed by atoms with Crippen molar-refractivity contribution in [3.63, 3.8) is 0 Å². The van der Waals surface area contributed by atoms with E-state index in [1.807, 2.05) is 25.1 Å². The number of aromatic nitrogens is 6. The van der Waals surface area contributed by atoms with Crippen LogP contribution in [0.4, 0.5) is 0 Å². The molecule has 0 amide bonds. The Hall–Kier alpha value is -1.74. The second kappa shape index (κ2) is 7.43. The lowest BCUT2D eigenvalue weighted by Crippen LogP contribution is -2.22. The van der Waals surface area contributed by atoms with Crippen LogP contribution in [0.25, 0.3) is 10.9 Å². The van der Waals surface area contributed by atoms with Gasteiger partial charge in [-0.15, -0.1) is 5.10 Å². The Kier molecular flexibility index (Phi) is 5.30. The summed E-state index contributed by atoms with van der Waals surface area (Å²) in [6, 6.07) is 5.56. The molecule has 0 atom stereocenters. The van der Waals surface area contributed by atoms with Gasteiger partial charge in [-0.25, -0.2) is 9.67 Å². The Morgan fingerprint density at radius 2 is 2.12 bits per heavy atom. The van der Waals surface area contributed by atoms with Gasteiger partial charge >= 0.3 is 0 Å². The van der Waals surface area contributed by atoms with Crippen LogP contribution >= 0.6 is 27.7 Å². The third-order valence-corrected chi connectivity index (χ3v) is 5.03. The lowest BCUT2D eigenvalue weighted by Gasteiger charge is -2.11. The van der Waals surface area contributed by atoms with Crippen molar-refractivity contribution in [2.75, 3.05) is 0 Å². The van der Waals surface area contributed by atoms with Gasteiger partial charge in [0.15, 0.2) is 11.0 Å². The second-order valence-electron chi connectivity index (χ2n) is 5.21. The van der Waals surface area contributed by atoms with Crippen molar-refractivity contribution in [2.45, 2.75) is 44.3 Å². The van der Waals surface area contributed by atoms with E-state index in [0.717, 1.165) is 23.3 Å². The predicted octanol–water partition coefficient (Wildman–Crippen LogP) is 2.87. The molecule has 0 bridgehead atoms. The standard InChI is InChI=1S/C15H17BrN6OS/c1-3-7-22-13(18-19-20-22)9-24-15-17-12-6-5-10(16)8-11(12)14(23)21(15)4-2/h5-6,8H,3-4,7,9H2,1-2H3. The minimum atomic E-state index is -0.0283. The van der Waals surface area contributed by atoms with E-state index >= 15 is 0 Å². The molecule has 2 aromatic heterocycles. The molecule has 0 radical (unpaired) electrons. The van der Waals surface area contributed by atoms with Crippen molar-refractivity contribution in [3.05, 3.63) is 38.9 Å². The summed E-state index contributed by atoms with van der Waals surface area (Å²) >= 11 is 4.88. The highest BCUT2D eigenvalue weighted by Gasteiger charge is 2.13. The van der Waals surface area contributed by atoms with Crippen LogP contribution in [0, 0.1) is 0 Å². The summed E-state index contributed by atoms with van der Waals surface area (Å²) in [7, 11) is 0. The molecule has 0 saturated heterocycles. The van der Waals surface area contributed by atoms with Crippen molar-refractivity contribution in [1.29, 1.82) is 0 Å². The lowest BCUT2D eigenvalue weighted by molar-refractivity contribution is 0.564. The van der Waals surface area contributed by atoms with E-state index < -0.39 is 0 Å². The van der Waals surface area contributed by atoms with E-state index in [4.69, 9.17) is 0 Å². The van der Waals surface area contributed by atoms with Crippen LogP contribution in [0.5, 0.6) is 0 Å². The van der Waals surface area contributed by atoms with Gasteiger partial charge in [-0.05, 0) is 42.0 Å². The van der Waals surface area contributed by atoms with Gasteiger partial charge in [0.25, 0.3) is 5.56 Å². The molecule has 0 spiro atoms. The Bertz CT molecular complexity index is 922. The van der Waals surface area contributed by atoms with Crippen molar-refractivity contribution >= 4 is 38.6 Å². The highest BCUT2D eigenvalue weighted by atomic mass is 79.9. The zero-order valence-corrected chi connectivity index (χ0v) is 15.8. The van der Waals surface area contributed by atoms with Gasteiger partial charge in [0.2, 0.25) is 0 Å². The summed E-state index contributed by atoms with van der Waals surface area (Å²) < 4.78 is 4.35. The molecule has 9 heteroatoms. The van der Waals surface area contributed by atoms with Gasteiger partial charge in [-0.2, -0.15) is 0 Å². The molecule has 0 fully saturated rings. The Morgan fingerprint density at radius 1 is 1.29 bits per heavy atom. The maximum atomic E-state index is 12.7. The number of hydrogen-bond donors (Lipinski definition) is 0. The second-order valence-corrected chi connectivity index (χ2v) is 7.07. The molecule has 0 unspecified atom stereocenters. The summed E-state index contributed by atoms with van der Waals surface area (Å²) in [6.07, 6.45) is 0.964. The quantitative estimate of drug-likeness (QED) is 0.460. The van der Waals surface area contributed by atoms with Crippen molar-refractivity contribution in [1.82, 2.24) is 29.8 Å². The number of fused-ring (bicyclic) bond motifs is 1. The first kappa shape index (κ1) is 17.1. The molecule has 0 aliphatic rings. The Balaban J connectivity index is 1.95. The molecule has 24 heavy (non-hydrogen) atoms. The third-order valence-electron chi connectivity index (χ3n) is 3.57. The van der Waals surface area contributed by atoms with E-state index in [1.165, 1.54) is 11.8 Å². The van der Waals surface area contributed by atoms with Crippen LogP contribution < -0.4 is 5.56 Å². The highest BCUT2D eigenvalue weighted by molar-refractivity contribution is 9.10. The van der Waals surface area contributed by atoms with Gasteiger partial charge in [0.05, 0.1) is 16.7 Å². The van der Waals surface area contributed by atoms with Crippen molar-refractivity contribution in [2.24, 2.45) is 0 Å². The fourth-order valence-corrected chi connectivity index (χ4v) is 3.76. The molecule has 0 aliphatic carbocycles. The average molecular weight is 409 g/mol. The first-order valence-electron chi connectivity index (χ1n) is 7.72. The molecular formula is C15H17BrN6OS. The van der Waals surface area contributed by atoms with Crippen LogP contribution in [0.15, 0.2) is 32.6 Å². The molecular weight excluding hydrogens is 392 g/mol. The molecule has 0 saturated carbocycles. The number of nitrogens with zero attached hydrogens (tertiary/aromatic N) is 6. The average Bonchev–Trinajstić information content (AvgIpc) is 3.01. The summed E-state index contributed by atoms with van der Waals surface area (Å²) in [5, 5.41) is 13.1. The number of rotatable bonds is 6. The Morgan fingerprint density at radius 3 is 2.88 bits per heavy atom. The maximum absolute atomic E-state index is 12.7. The van der Waals surface area contributed by atoms with E-state index in [1.54, 1.807) is 9.25 Å². The zero-order chi connectivity index (χ0) is 17.1. The number of halogens is 1. The van der Waals surface area contributed by atoms with Crippen molar-refractivity contribution < 1.29 is 0 Å². The van der Waals surface area contributed by atoms with Gasteiger partial charge in [0.1, 0.15) is 0 Å². The minimum Gasteiger partial charge on any atom is -0.287 e. The first-order chi connectivity index (χ1) is 11.6. The molecule has 1 aromatic carbocycles. The van der Waals surface area contributed by atoms with E-state index in [9.17, 15) is 4.79 Å². The summed E-state index contributed by atoms with van der Waals surface area (Å²) in [6.45, 7) is 5.37. The van der Waals surface area contributed by atoms with Gasteiger partial charge < -0.3 is 0 Å². The summed E-state index contributed by atoms with van der Waals surface area (Å²) in [5.74, 6) is 1.36. The molecule has 126 valence electrons. The molecule has 7 nitrogen and oxygen atoms in total. The fourth-order valence-electron chi connectivity index (χ4n) is 2.40. The predicted molar refractivity (Wildman–Crippen MR) is 97.0 cm³/mol. The topological polar surface area (TPSA) is 78.5 Å². The van der Waals surface area contributed by atoms with Gasteiger partial charge in [-0.1, -0.05) is 34.6 Å². The number of tetrazole rings is 1. The van der Waals surface area contributed by atoms with E-state index in [-0.39, 0.29) is 5.56 Å². The fraction of sp³-hybridized carbons (Fsp3) is 0.400. The van der Waals surface area contributed by atoms with Gasteiger partial charge in [-0.3, -0.25) is 9.36 Å². The van der Waals surface area contributed by atoms with Gasteiger partial charge in [0, 0.05) is 17.6 Å². The SMILES string of the molecule is CCCn1nnnc1CSc1nc2ccc(Br)cc2c(=O)n1CC. The third kappa shape index (κ3) is 3.36. The summed E-state index contributed by atoms with van der Waals surface area (Å²) in [5.41, 5.74) is 0.669. The normalized spacial score (nSPS) is 11.3. The largest absolute Gasteiger partial charge is 0.287 e. The Labute approximate surface area is 151 Å². The number of hydrogen-bond acceptors (Lipinski definition) is 6. The zero-order valence-electron chi connectivity index (χ0n) is 13.4. The van der Waals surface area contributed by atoms with Crippen LogP contribution in [-0.4, -0.2) is 29.8 Å². The van der Waals surface area contributed by atoms with E-state index in [2.05, 4.69) is 43.4 Å². The minimum absolute atomic E-state index is 0.0283. The highest BCUT2D eigenvalue weighted by Crippen LogP contribution is 2.22. The molecule has 0 N–H and O–H groups in total. The molecule has 3 rings (SSSR count). The summed E-state index contributed by atoms with van der Waals surface area (Å²) in [4.78, 5) is 17.4. The molecule has 2 heterocycles. The smallest absolute Gasteiger partial charge is 0.262 e. The lowest BCUT2D eigenvalue weighted by atomic mass is 10.2. The number of thioether (sulfide) groups is 1. The van der Waals surface area contributed by atoms with Crippen LogP contribution in [0.1, 0.15) is 26.1 Å². The number of benzene rings is 1.